The van der Waals surface area contributed by atoms with Crippen LogP contribution in [0.3, 0.4) is 0 Å². The zero-order valence-electron chi connectivity index (χ0n) is 11.9. The molecule has 0 unspecified atom stereocenters. The van der Waals surface area contributed by atoms with Gasteiger partial charge in [0.2, 0.25) is 5.91 Å². The molecule has 110 valence electrons. The number of carbonyl (C=O) groups is 2. The van der Waals surface area contributed by atoms with Crippen LogP contribution in [0, 0.1) is 0 Å². The number of hydrogen-bond donors (Lipinski definition) is 1. The number of hydrogen-bond acceptors (Lipinski definition) is 3. The normalized spacial score (nSPS) is 11.0. The summed E-state index contributed by atoms with van der Waals surface area (Å²) in [6.07, 6.45) is -0.556. The van der Waals surface area contributed by atoms with Crippen molar-refractivity contribution in [2.75, 3.05) is 6.54 Å². The van der Waals surface area contributed by atoms with E-state index in [1.54, 1.807) is 20.8 Å². The quantitative estimate of drug-likeness (QED) is 0.914. The molecule has 0 heterocycles. The molecule has 0 atom stereocenters. The van der Waals surface area contributed by atoms with Crippen molar-refractivity contribution in [3.05, 3.63) is 34.3 Å². The van der Waals surface area contributed by atoms with Crippen molar-refractivity contribution >= 4 is 27.9 Å². The number of halogens is 1. The third kappa shape index (κ3) is 6.06. The van der Waals surface area contributed by atoms with E-state index in [0.29, 0.717) is 0 Å². The van der Waals surface area contributed by atoms with Gasteiger partial charge in [-0.1, -0.05) is 28.1 Å². The highest BCUT2D eigenvalue weighted by atomic mass is 79.9. The van der Waals surface area contributed by atoms with Gasteiger partial charge >= 0.3 is 6.09 Å². The smallest absolute Gasteiger partial charge is 0.411 e. The lowest BCUT2D eigenvalue weighted by Crippen LogP contribution is -2.41. The molecule has 2 amide bonds. The fraction of sp³-hybridized carbons (Fsp3) is 0.429. The molecule has 0 aliphatic carbocycles. The second-order valence-electron chi connectivity index (χ2n) is 5.43. The van der Waals surface area contributed by atoms with Gasteiger partial charge in [0.1, 0.15) is 12.1 Å². The number of amides is 2. The third-order valence-corrected chi connectivity index (χ3v) is 2.81. The SMILES string of the molecule is CC(C)(C)OC(=O)N(CC(N)=O)Cc1ccc(Br)cc1. The van der Waals surface area contributed by atoms with Gasteiger partial charge in [0.05, 0.1) is 0 Å². The minimum absolute atomic E-state index is 0.176. The van der Waals surface area contributed by atoms with Crippen LogP contribution in [0.4, 0.5) is 4.79 Å². The van der Waals surface area contributed by atoms with E-state index >= 15 is 0 Å². The van der Waals surface area contributed by atoms with Crippen molar-refractivity contribution in [3.63, 3.8) is 0 Å². The number of nitrogens with zero attached hydrogens (tertiary/aromatic N) is 1. The monoisotopic (exact) mass is 342 g/mol. The summed E-state index contributed by atoms with van der Waals surface area (Å²) >= 11 is 3.34. The summed E-state index contributed by atoms with van der Waals surface area (Å²) in [4.78, 5) is 24.4. The Morgan fingerprint density at radius 2 is 1.80 bits per heavy atom. The average Bonchev–Trinajstić information content (AvgIpc) is 2.28. The highest BCUT2D eigenvalue weighted by Gasteiger charge is 2.23. The maximum atomic E-state index is 12.1. The summed E-state index contributed by atoms with van der Waals surface area (Å²) < 4.78 is 6.21. The van der Waals surface area contributed by atoms with Crippen molar-refractivity contribution in [2.24, 2.45) is 5.73 Å². The van der Waals surface area contributed by atoms with Gasteiger partial charge in [-0.2, -0.15) is 0 Å². The predicted molar refractivity (Wildman–Crippen MR) is 80.0 cm³/mol. The Bertz CT molecular complexity index is 480. The highest BCUT2D eigenvalue weighted by molar-refractivity contribution is 9.10. The van der Waals surface area contributed by atoms with Crippen LogP contribution in [0.2, 0.25) is 0 Å². The van der Waals surface area contributed by atoms with Crippen molar-refractivity contribution in [1.29, 1.82) is 0 Å². The molecule has 5 nitrogen and oxygen atoms in total. The number of carbonyl (C=O) groups excluding carboxylic acids is 2. The van der Waals surface area contributed by atoms with Gasteiger partial charge in [0, 0.05) is 11.0 Å². The van der Waals surface area contributed by atoms with E-state index in [0.717, 1.165) is 10.0 Å². The maximum Gasteiger partial charge on any atom is 0.411 e. The Balaban J connectivity index is 2.81. The van der Waals surface area contributed by atoms with E-state index in [1.165, 1.54) is 4.90 Å². The van der Waals surface area contributed by atoms with Crippen LogP contribution in [0.1, 0.15) is 26.3 Å². The van der Waals surface area contributed by atoms with Crippen molar-refractivity contribution < 1.29 is 14.3 Å². The fourth-order valence-electron chi connectivity index (χ4n) is 1.51. The van der Waals surface area contributed by atoms with Gasteiger partial charge < -0.3 is 10.5 Å². The van der Waals surface area contributed by atoms with Gasteiger partial charge in [-0.3, -0.25) is 9.69 Å². The minimum atomic E-state index is -0.618. The Hall–Kier alpha value is -1.56. The first-order valence-corrected chi connectivity index (χ1v) is 6.97. The number of nitrogens with two attached hydrogens (primary N) is 1. The molecule has 2 N–H and O–H groups in total. The first-order valence-electron chi connectivity index (χ1n) is 6.18. The lowest BCUT2D eigenvalue weighted by molar-refractivity contribution is -0.119. The van der Waals surface area contributed by atoms with E-state index < -0.39 is 17.6 Å². The molecule has 0 spiro atoms. The molecule has 0 fully saturated rings. The van der Waals surface area contributed by atoms with Gasteiger partial charge in [-0.15, -0.1) is 0 Å². The largest absolute Gasteiger partial charge is 0.444 e. The molecule has 20 heavy (non-hydrogen) atoms. The molecule has 1 aromatic rings. The van der Waals surface area contributed by atoms with Crippen LogP contribution in [0.25, 0.3) is 0 Å². The summed E-state index contributed by atoms with van der Waals surface area (Å²) in [5.74, 6) is -0.576. The Morgan fingerprint density at radius 1 is 1.25 bits per heavy atom. The standard InChI is InChI=1S/C14H19BrN2O3/c1-14(2,3)20-13(19)17(9-12(16)18)8-10-4-6-11(15)7-5-10/h4-7H,8-9H2,1-3H3,(H2,16,18). The van der Waals surface area contributed by atoms with Crippen LogP contribution >= 0.6 is 15.9 Å². The molecular formula is C14H19BrN2O3. The van der Waals surface area contributed by atoms with E-state index in [1.807, 2.05) is 24.3 Å². The molecule has 1 rings (SSSR count). The van der Waals surface area contributed by atoms with Crippen molar-refractivity contribution in [2.45, 2.75) is 32.9 Å². The Morgan fingerprint density at radius 3 is 2.25 bits per heavy atom. The number of rotatable bonds is 4. The van der Waals surface area contributed by atoms with Crippen LogP contribution in [-0.4, -0.2) is 29.0 Å². The predicted octanol–water partition coefficient (Wildman–Crippen LogP) is 2.67. The summed E-state index contributed by atoms with van der Waals surface area (Å²) in [5.41, 5.74) is 5.45. The molecule has 0 aliphatic heterocycles. The van der Waals surface area contributed by atoms with Crippen molar-refractivity contribution in [1.82, 2.24) is 4.90 Å². The second kappa shape index (κ2) is 6.74. The molecule has 1 aromatic carbocycles. The summed E-state index contributed by atoms with van der Waals surface area (Å²) in [6.45, 7) is 5.41. The van der Waals surface area contributed by atoms with Gasteiger partial charge in [-0.25, -0.2) is 4.79 Å². The van der Waals surface area contributed by atoms with Crippen LogP contribution in [-0.2, 0) is 16.1 Å². The minimum Gasteiger partial charge on any atom is -0.444 e. The highest BCUT2D eigenvalue weighted by Crippen LogP contribution is 2.15. The molecule has 0 saturated carbocycles. The third-order valence-electron chi connectivity index (χ3n) is 2.29. The first kappa shape index (κ1) is 16.5. The fourth-order valence-corrected chi connectivity index (χ4v) is 1.77. The molecule has 0 radical (unpaired) electrons. The van der Waals surface area contributed by atoms with Crippen molar-refractivity contribution in [3.8, 4) is 0 Å². The summed E-state index contributed by atoms with van der Waals surface area (Å²) in [5, 5.41) is 0. The van der Waals surface area contributed by atoms with E-state index in [4.69, 9.17) is 10.5 Å². The number of benzene rings is 1. The summed E-state index contributed by atoms with van der Waals surface area (Å²) in [7, 11) is 0. The van der Waals surface area contributed by atoms with E-state index in [-0.39, 0.29) is 13.1 Å². The van der Waals surface area contributed by atoms with Crippen LogP contribution in [0.15, 0.2) is 28.7 Å². The zero-order valence-corrected chi connectivity index (χ0v) is 13.4. The lowest BCUT2D eigenvalue weighted by atomic mass is 10.2. The second-order valence-corrected chi connectivity index (χ2v) is 6.34. The molecule has 6 heteroatoms. The zero-order chi connectivity index (χ0) is 15.3. The van der Waals surface area contributed by atoms with E-state index in [9.17, 15) is 9.59 Å². The van der Waals surface area contributed by atoms with Gasteiger partial charge in [0.15, 0.2) is 0 Å². The molecule has 0 aromatic heterocycles. The van der Waals surface area contributed by atoms with Crippen LogP contribution < -0.4 is 5.73 Å². The number of ether oxygens (including phenoxy) is 1. The summed E-state index contributed by atoms with van der Waals surface area (Å²) in [6, 6.07) is 7.46. The Kier molecular flexibility index (Phi) is 5.56. The molecular weight excluding hydrogens is 324 g/mol. The Labute approximate surface area is 127 Å². The van der Waals surface area contributed by atoms with Crippen LogP contribution in [0.5, 0.6) is 0 Å². The van der Waals surface area contributed by atoms with Gasteiger partial charge in [0.25, 0.3) is 0 Å². The average molecular weight is 343 g/mol. The lowest BCUT2D eigenvalue weighted by Gasteiger charge is -2.26. The van der Waals surface area contributed by atoms with Gasteiger partial charge in [-0.05, 0) is 38.5 Å². The maximum absolute atomic E-state index is 12.1. The first-order chi connectivity index (χ1) is 9.17. The number of primary amides is 1. The van der Waals surface area contributed by atoms with E-state index in [2.05, 4.69) is 15.9 Å². The molecule has 0 saturated heterocycles. The molecule has 0 aliphatic rings. The topological polar surface area (TPSA) is 72.6 Å². The molecule has 0 bridgehead atoms.